The second-order valence-corrected chi connectivity index (χ2v) is 9.34. The lowest BCUT2D eigenvalue weighted by Crippen LogP contribution is -2.15. The van der Waals surface area contributed by atoms with Crippen molar-refractivity contribution < 1.29 is 17.2 Å². The molecule has 26 heavy (non-hydrogen) atoms. The van der Waals surface area contributed by atoms with Crippen molar-refractivity contribution in [3.63, 3.8) is 0 Å². The summed E-state index contributed by atoms with van der Waals surface area (Å²) in [4.78, 5) is 10.9. The van der Waals surface area contributed by atoms with Crippen LogP contribution < -0.4 is 10.0 Å². The van der Waals surface area contributed by atoms with Crippen LogP contribution in [-0.2, 0) is 10.0 Å². The van der Waals surface area contributed by atoms with Crippen LogP contribution in [-0.4, -0.2) is 13.0 Å². The number of hydrogen-bond donors (Lipinski definition) is 1. The summed E-state index contributed by atoms with van der Waals surface area (Å²) < 4.78 is 53.8. The molecule has 0 fully saturated rings. The number of aromatic nitrogens is 1. The standard InChI is InChI=1S/C15H8Br2F2N2O3S2/c16-7-1-8(17)3-9(2-7)21-13(6-25-15(21)22)10-4-12(19)14(5-11(10)18)26(20,23)24/h1-6H,(H2,20,23,24). The summed E-state index contributed by atoms with van der Waals surface area (Å²) in [6, 6.07) is 6.23. The van der Waals surface area contributed by atoms with Gasteiger partial charge in [-0.05, 0) is 30.3 Å². The minimum Gasteiger partial charge on any atom is -0.267 e. The molecule has 0 spiro atoms. The van der Waals surface area contributed by atoms with Crippen molar-refractivity contribution in [3.8, 4) is 16.9 Å². The van der Waals surface area contributed by atoms with Crippen LogP contribution in [0.25, 0.3) is 16.9 Å². The zero-order valence-corrected chi connectivity index (χ0v) is 17.3. The fourth-order valence-corrected chi connectivity index (χ4v) is 4.97. The molecule has 0 saturated carbocycles. The molecule has 0 radical (unpaired) electrons. The van der Waals surface area contributed by atoms with Gasteiger partial charge in [0.25, 0.3) is 0 Å². The average molecular weight is 526 g/mol. The molecule has 0 aliphatic carbocycles. The molecule has 2 aromatic carbocycles. The molecule has 0 atom stereocenters. The summed E-state index contributed by atoms with van der Waals surface area (Å²) in [6.45, 7) is 0. The third-order valence-corrected chi connectivity index (χ3v) is 5.97. The number of halogens is 4. The van der Waals surface area contributed by atoms with Crippen LogP contribution in [0.1, 0.15) is 0 Å². The van der Waals surface area contributed by atoms with Crippen LogP contribution in [0.15, 0.2) is 54.3 Å². The van der Waals surface area contributed by atoms with Gasteiger partial charge in [-0.25, -0.2) is 22.3 Å². The van der Waals surface area contributed by atoms with Crippen molar-refractivity contribution in [2.75, 3.05) is 0 Å². The van der Waals surface area contributed by atoms with E-state index < -0.39 is 31.4 Å². The molecule has 0 amide bonds. The highest BCUT2D eigenvalue weighted by atomic mass is 79.9. The maximum Gasteiger partial charge on any atom is 0.312 e. The van der Waals surface area contributed by atoms with Gasteiger partial charge in [0.1, 0.15) is 16.5 Å². The number of thiazole rings is 1. The number of nitrogens with two attached hydrogens (primary N) is 1. The molecule has 1 heterocycles. The van der Waals surface area contributed by atoms with Gasteiger partial charge in [0.05, 0.1) is 11.4 Å². The second-order valence-electron chi connectivity index (χ2n) is 5.16. The monoisotopic (exact) mass is 524 g/mol. The van der Waals surface area contributed by atoms with E-state index in [1.165, 1.54) is 9.95 Å². The Morgan fingerprint density at radius 3 is 2.19 bits per heavy atom. The molecular formula is C15H8Br2F2N2O3S2. The van der Waals surface area contributed by atoms with E-state index in [1.54, 1.807) is 18.2 Å². The third-order valence-electron chi connectivity index (χ3n) is 3.40. The van der Waals surface area contributed by atoms with E-state index in [0.717, 1.165) is 11.3 Å². The van der Waals surface area contributed by atoms with Gasteiger partial charge < -0.3 is 0 Å². The van der Waals surface area contributed by atoms with E-state index in [0.29, 0.717) is 26.8 Å². The van der Waals surface area contributed by atoms with Gasteiger partial charge in [-0.3, -0.25) is 9.36 Å². The first-order valence-electron chi connectivity index (χ1n) is 6.77. The van der Waals surface area contributed by atoms with E-state index in [2.05, 4.69) is 31.9 Å². The average Bonchev–Trinajstić information content (AvgIpc) is 2.88. The van der Waals surface area contributed by atoms with E-state index in [9.17, 15) is 22.0 Å². The van der Waals surface area contributed by atoms with Crippen LogP contribution in [0.2, 0.25) is 0 Å². The highest BCUT2D eigenvalue weighted by molar-refractivity contribution is 9.11. The van der Waals surface area contributed by atoms with Crippen molar-refractivity contribution in [3.05, 3.63) is 66.0 Å². The van der Waals surface area contributed by atoms with Crippen LogP contribution in [0, 0.1) is 11.6 Å². The molecule has 1 aromatic heterocycles. The summed E-state index contributed by atoms with van der Waals surface area (Å²) in [5.41, 5.74) is 0.245. The minimum absolute atomic E-state index is 0.0855. The van der Waals surface area contributed by atoms with Crippen molar-refractivity contribution in [1.82, 2.24) is 4.57 Å². The molecular weight excluding hydrogens is 518 g/mol. The zero-order chi connectivity index (χ0) is 19.2. The molecule has 2 N–H and O–H groups in total. The Balaban J connectivity index is 2.28. The zero-order valence-electron chi connectivity index (χ0n) is 12.5. The number of primary sulfonamides is 1. The second kappa shape index (κ2) is 6.97. The fraction of sp³-hybridized carbons (Fsp3) is 0. The smallest absolute Gasteiger partial charge is 0.267 e. The topological polar surface area (TPSA) is 82.2 Å². The molecule has 136 valence electrons. The van der Waals surface area contributed by atoms with Crippen molar-refractivity contribution in [1.29, 1.82) is 0 Å². The summed E-state index contributed by atoms with van der Waals surface area (Å²) in [6.07, 6.45) is 0. The number of sulfonamides is 1. The lowest BCUT2D eigenvalue weighted by Gasteiger charge is -2.11. The van der Waals surface area contributed by atoms with Gasteiger partial charge in [0.15, 0.2) is 0 Å². The summed E-state index contributed by atoms with van der Waals surface area (Å²) >= 11 is 7.41. The van der Waals surface area contributed by atoms with E-state index in [4.69, 9.17) is 5.14 Å². The Bertz CT molecular complexity index is 1170. The Hall–Kier alpha value is -1.40. The van der Waals surface area contributed by atoms with Gasteiger partial charge in [0.2, 0.25) is 10.0 Å². The molecule has 3 rings (SSSR count). The van der Waals surface area contributed by atoms with Crippen LogP contribution >= 0.6 is 43.2 Å². The predicted octanol–water partition coefficient (Wildman–Crippen LogP) is 4.02. The summed E-state index contributed by atoms with van der Waals surface area (Å²) in [7, 11) is -4.42. The number of hydrogen-bond acceptors (Lipinski definition) is 4. The van der Waals surface area contributed by atoms with E-state index in [1.807, 2.05) is 0 Å². The Labute approximate surface area is 167 Å². The Kier molecular flexibility index (Phi) is 5.19. The largest absolute Gasteiger partial charge is 0.312 e. The molecule has 0 saturated heterocycles. The molecule has 0 aliphatic heterocycles. The first kappa shape index (κ1) is 19.4. The van der Waals surface area contributed by atoms with Gasteiger partial charge in [-0.1, -0.05) is 43.2 Å². The van der Waals surface area contributed by atoms with Crippen molar-refractivity contribution in [2.45, 2.75) is 4.90 Å². The molecule has 0 unspecified atom stereocenters. The maximum absolute atomic E-state index is 14.5. The molecule has 3 aromatic rings. The predicted molar refractivity (Wildman–Crippen MR) is 102 cm³/mol. The first-order valence-corrected chi connectivity index (χ1v) is 10.8. The lowest BCUT2D eigenvalue weighted by molar-refractivity contribution is 0.555. The van der Waals surface area contributed by atoms with Crippen LogP contribution in [0.3, 0.4) is 0 Å². The van der Waals surface area contributed by atoms with Crippen molar-refractivity contribution in [2.24, 2.45) is 5.14 Å². The fourth-order valence-electron chi connectivity index (χ4n) is 2.35. The Morgan fingerprint density at radius 2 is 1.62 bits per heavy atom. The normalized spacial score (nSPS) is 11.7. The van der Waals surface area contributed by atoms with Gasteiger partial charge in [0, 0.05) is 19.9 Å². The summed E-state index contributed by atoms with van der Waals surface area (Å²) in [5.74, 6) is -2.22. The highest BCUT2D eigenvalue weighted by Gasteiger charge is 2.22. The van der Waals surface area contributed by atoms with E-state index in [-0.39, 0.29) is 11.3 Å². The number of benzene rings is 2. The quantitative estimate of drug-likeness (QED) is 0.560. The number of nitrogens with zero attached hydrogens (tertiary/aromatic N) is 1. The minimum atomic E-state index is -4.42. The van der Waals surface area contributed by atoms with Gasteiger partial charge in [-0.15, -0.1) is 0 Å². The molecule has 0 aliphatic rings. The SMILES string of the molecule is NS(=O)(=O)c1cc(F)c(-c2csc(=O)n2-c2cc(Br)cc(Br)c2)cc1F. The third kappa shape index (κ3) is 3.67. The Morgan fingerprint density at radius 1 is 1.00 bits per heavy atom. The highest BCUT2D eigenvalue weighted by Crippen LogP contribution is 2.31. The van der Waals surface area contributed by atoms with Gasteiger partial charge >= 0.3 is 4.87 Å². The van der Waals surface area contributed by atoms with Crippen molar-refractivity contribution >= 4 is 53.2 Å². The molecule has 5 nitrogen and oxygen atoms in total. The van der Waals surface area contributed by atoms with Crippen LogP contribution in [0.4, 0.5) is 8.78 Å². The first-order chi connectivity index (χ1) is 12.1. The maximum atomic E-state index is 14.5. The molecule has 0 bridgehead atoms. The van der Waals surface area contributed by atoms with Crippen LogP contribution in [0.5, 0.6) is 0 Å². The van der Waals surface area contributed by atoms with E-state index >= 15 is 0 Å². The van der Waals surface area contributed by atoms with Gasteiger partial charge in [-0.2, -0.15) is 0 Å². The number of rotatable bonds is 3. The molecule has 11 heteroatoms. The summed E-state index contributed by atoms with van der Waals surface area (Å²) in [5, 5.41) is 6.24. The lowest BCUT2D eigenvalue weighted by atomic mass is 10.1.